The topological polar surface area (TPSA) is 99.6 Å². The Morgan fingerprint density at radius 1 is 1.16 bits per heavy atom. The summed E-state index contributed by atoms with van der Waals surface area (Å²) in [6.45, 7) is 8.75. The number of carbonyl (C=O) groups is 2. The molecule has 0 saturated heterocycles. The summed E-state index contributed by atoms with van der Waals surface area (Å²) in [6.07, 6.45) is 0.601. The third kappa shape index (κ3) is 5.83. The van der Waals surface area contributed by atoms with Crippen LogP contribution >= 0.6 is 11.8 Å². The van der Waals surface area contributed by atoms with E-state index in [0.29, 0.717) is 30.9 Å². The van der Waals surface area contributed by atoms with E-state index in [1.54, 1.807) is 42.5 Å². The number of benzene rings is 2. The molecule has 0 aromatic heterocycles. The number of ether oxygens (including phenoxy) is 1. The van der Waals surface area contributed by atoms with Crippen molar-refractivity contribution in [3.05, 3.63) is 59.7 Å². The Bertz CT molecular complexity index is 1280. The summed E-state index contributed by atoms with van der Waals surface area (Å²) < 4.78 is 33.4. The van der Waals surface area contributed by atoms with E-state index in [-0.39, 0.29) is 16.8 Å². The number of likely N-dealkylation sites (N-methyl/N-ethyl adjacent to an activating group) is 1. The van der Waals surface area contributed by atoms with E-state index < -0.39 is 21.4 Å². The number of aryl methyl sites for hydroxylation is 1. The monoisotopic (exact) mass is 544 g/mol. The third-order valence-corrected chi connectivity index (χ3v) is 9.31. The summed E-state index contributed by atoms with van der Waals surface area (Å²) in [5, 5.41) is 4.40. The van der Waals surface area contributed by atoms with Gasteiger partial charge in [-0.1, -0.05) is 49.9 Å². The molecule has 0 N–H and O–H groups in total. The van der Waals surface area contributed by atoms with Crippen LogP contribution in [0.2, 0.25) is 0 Å². The standard InChI is InChI=1S/C26H32N4O5S2/c1-4-28(5-2)16-17-35-25(31)30-26(32)36-19(3)24(27-30)21-13-14-23-20(18-21)10-9-15-29(23)37(33,34)22-11-7-6-8-12-22/h6-8,11-14,18-19H,4-5,9-10,15-17H2,1-3H3. The van der Waals surface area contributed by atoms with Crippen LogP contribution in [0.1, 0.15) is 38.3 Å². The molecule has 2 amide bonds. The molecule has 2 aromatic rings. The van der Waals surface area contributed by atoms with Crippen LogP contribution in [0.3, 0.4) is 0 Å². The summed E-state index contributed by atoms with van der Waals surface area (Å²) in [4.78, 5) is 27.6. The Kier molecular flexibility index (Phi) is 8.56. The Labute approximate surface area is 222 Å². The Morgan fingerprint density at radius 2 is 1.89 bits per heavy atom. The highest BCUT2D eigenvalue weighted by atomic mass is 32.2. The molecule has 9 nitrogen and oxygen atoms in total. The quantitative estimate of drug-likeness (QED) is 0.480. The number of rotatable bonds is 8. The molecule has 0 fully saturated rings. The van der Waals surface area contributed by atoms with Crippen LogP contribution in [0.4, 0.5) is 15.3 Å². The highest BCUT2D eigenvalue weighted by molar-refractivity contribution is 8.14. The molecule has 4 rings (SSSR count). The lowest BCUT2D eigenvalue weighted by Gasteiger charge is -2.31. The van der Waals surface area contributed by atoms with Gasteiger partial charge >= 0.3 is 11.3 Å². The molecule has 1 atom stereocenters. The van der Waals surface area contributed by atoms with Crippen molar-refractivity contribution in [2.75, 3.05) is 37.1 Å². The zero-order valence-electron chi connectivity index (χ0n) is 21.3. The minimum Gasteiger partial charge on any atom is -0.446 e. The van der Waals surface area contributed by atoms with E-state index in [1.165, 1.54) is 4.31 Å². The summed E-state index contributed by atoms with van der Waals surface area (Å²) in [5.74, 6) is 0. The largest absolute Gasteiger partial charge is 0.446 e. The molecule has 198 valence electrons. The van der Waals surface area contributed by atoms with Gasteiger partial charge in [-0.15, -0.1) is 5.01 Å². The maximum Gasteiger partial charge on any atom is 0.438 e. The van der Waals surface area contributed by atoms with Crippen molar-refractivity contribution in [3.63, 3.8) is 0 Å². The third-order valence-electron chi connectivity index (χ3n) is 6.53. The van der Waals surface area contributed by atoms with Gasteiger partial charge in [-0.25, -0.2) is 13.2 Å². The van der Waals surface area contributed by atoms with Gasteiger partial charge in [0.25, 0.3) is 10.0 Å². The molecule has 0 bridgehead atoms. The second-order valence-corrected chi connectivity index (χ2v) is 12.0. The van der Waals surface area contributed by atoms with Crippen LogP contribution in [0, 0.1) is 0 Å². The summed E-state index contributed by atoms with van der Waals surface area (Å²) in [6, 6.07) is 13.9. The van der Waals surface area contributed by atoms with E-state index in [4.69, 9.17) is 4.74 Å². The Morgan fingerprint density at radius 3 is 2.59 bits per heavy atom. The van der Waals surface area contributed by atoms with Gasteiger partial charge in [0.1, 0.15) is 6.61 Å². The van der Waals surface area contributed by atoms with Crippen molar-refractivity contribution in [1.82, 2.24) is 9.91 Å². The lowest BCUT2D eigenvalue weighted by Crippen LogP contribution is -2.39. The number of nitrogens with zero attached hydrogens (tertiary/aromatic N) is 4. The van der Waals surface area contributed by atoms with Gasteiger partial charge in [-0.2, -0.15) is 5.10 Å². The number of fused-ring (bicyclic) bond motifs is 1. The van der Waals surface area contributed by atoms with Crippen LogP contribution in [-0.4, -0.2) is 73.4 Å². The number of sulfonamides is 1. The predicted octanol–water partition coefficient (Wildman–Crippen LogP) is 4.57. The van der Waals surface area contributed by atoms with E-state index in [2.05, 4.69) is 10.0 Å². The van der Waals surface area contributed by atoms with Gasteiger partial charge in [0.15, 0.2) is 0 Å². The first-order valence-electron chi connectivity index (χ1n) is 12.5. The number of imide groups is 1. The molecule has 37 heavy (non-hydrogen) atoms. The normalized spacial score (nSPS) is 18.0. The van der Waals surface area contributed by atoms with Gasteiger partial charge in [-0.3, -0.25) is 9.10 Å². The maximum absolute atomic E-state index is 13.3. The molecule has 0 spiro atoms. The van der Waals surface area contributed by atoms with Crippen molar-refractivity contribution < 1.29 is 22.7 Å². The van der Waals surface area contributed by atoms with Crippen molar-refractivity contribution in [2.45, 2.75) is 43.8 Å². The fourth-order valence-electron chi connectivity index (χ4n) is 4.45. The molecule has 2 aliphatic heterocycles. The second kappa shape index (κ2) is 11.7. The zero-order valence-corrected chi connectivity index (χ0v) is 22.9. The summed E-state index contributed by atoms with van der Waals surface area (Å²) in [5.41, 5.74) is 2.83. The highest BCUT2D eigenvalue weighted by Crippen LogP contribution is 2.34. The molecule has 0 saturated carbocycles. The lowest BCUT2D eigenvalue weighted by molar-refractivity contribution is 0.103. The summed E-state index contributed by atoms with van der Waals surface area (Å²) >= 11 is 1.01. The van der Waals surface area contributed by atoms with Crippen molar-refractivity contribution >= 4 is 44.5 Å². The molecular formula is C26H32N4O5S2. The Hall–Kier alpha value is -2.89. The molecule has 2 heterocycles. The highest BCUT2D eigenvalue weighted by Gasteiger charge is 2.34. The van der Waals surface area contributed by atoms with Gasteiger partial charge in [0.2, 0.25) is 0 Å². The van der Waals surface area contributed by atoms with Crippen molar-refractivity contribution in [3.8, 4) is 0 Å². The molecule has 0 radical (unpaired) electrons. The fraction of sp³-hybridized carbons (Fsp3) is 0.423. The van der Waals surface area contributed by atoms with Crippen LogP contribution in [-0.2, 0) is 21.2 Å². The number of amides is 2. The maximum atomic E-state index is 13.3. The zero-order chi connectivity index (χ0) is 26.6. The first kappa shape index (κ1) is 27.2. The number of hydrazone groups is 1. The van der Waals surface area contributed by atoms with E-state index in [1.807, 2.05) is 26.8 Å². The molecular weight excluding hydrogens is 512 g/mol. The molecule has 11 heteroatoms. The fourth-order valence-corrected chi connectivity index (χ4v) is 6.82. The molecule has 0 aliphatic carbocycles. The lowest BCUT2D eigenvalue weighted by atomic mass is 9.98. The van der Waals surface area contributed by atoms with E-state index >= 15 is 0 Å². The van der Waals surface area contributed by atoms with Gasteiger partial charge < -0.3 is 9.64 Å². The average molecular weight is 545 g/mol. The predicted molar refractivity (Wildman–Crippen MR) is 146 cm³/mol. The van der Waals surface area contributed by atoms with Gasteiger partial charge in [-0.05, 0) is 68.2 Å². The Balaban J connectivity index is 1.58. The smallest absolute Gasteiger partial charge is 0.438 e. The molecule has 2 aliphatic rings. The van der Waals surface area contributed by atoms with Gasteiger partial charge in [0, 0.05) is 13.1 Å². The number of anilines is 1. The van der Waals surface area contributed by atoms with Gasteiger partial charge in [0.05, 0.1) is 21.5 Å². The SMILES string of the molecule is CCN(CC)CCOC(=O)N1N=C(c2ccc3c(c2)CCCN3S(=O)(=O)c2ccccc2)C(C)SC1=O. The summed E-state index contributed by atoms with van der Waals surface area (Å²) in [7, 11) is -3.69. The van der Waals surface area contributed by atoms with Crippen LogP contribution < -0.4 is 4.31 Å². The second-order valence-electron chi connectivity index (χ2n) is 8.80. The number of hydrogen-bond donors (Lipinski definition) is 0. The average Bonchev–Trinajstić information content (AvgIpc) is 2.91. The van der Waals surface area contributed by atoms with E-state index in [0.717, 1.165) is 47.4 Å². The number of thioether (sulfide) groups is 1. The van der Waals surface area contributed by atoms with E-state index in [9.17, 15) is 18.0 Å². The molecule has 2 aromatic carbocycles. The first-order valence-corrected chi connectivity index (χ1v) is 14.8. The van der Waals surface area contributed by atoms with Crippen LogP contribution in [0.5, 0.6) is 0 Å². The molecule has 1 unspecified atom stereocenters. The van der Waals surface area contributed by atoms with Crippen LogP contribution in [0.15, 0.2) is 58.5 Å². The number of carbonyl (C=O) groups excluding carboxylic acids is 2. The minimum atomic E-state index is -3.69. The number of hydrogen-bond acceptors (Lipinski definition) is 8. The van der Waals surface area contributed by atoms with Crippen molar-refractivity contribution in [1.29, 1.82) is 0 Å². The van der Waals surface area contributed by atoms with Crippen LogP contribution in [0.25, 0.3) is 0 Å². The minimum absolute atomic E-state index is 0.167. The first-order chi connectivity index (χ1) is 17.8. The van der Waals surface area contributed by atoms with Crippen molar-refractivity contribution in [2.24, 2.45) is 5.10 Å².